The van der Waals surface area contributed by atoms with Gasteiger partial charge in [-0.05, 0) is 42.5 Å². The molecule has 186 valence electrons. The Kier molecular flexibility index (Phi) is 6.71. The predicted octanol–water partition coefficient (Wildman–Crippen LogP) is 4.91. The van der Waals surface area contributed by atoms with Gasteiger partial charge in [0.1, 0.15) is 16.1 Å². The van der Waals surface area contributed by atoms with E-state index in [1.807, 2.05) is 36.4 Å². The van der Waals surface area contributed by atoms with Gasteiger partial charge in [-0.25, -0.2) is 9.97 Å². The summed E-state index contributed by atoms with van der Waals surface area (Å²) in [5.41, 5.74) is 4.64. The summed E-state index contributed by atoms with van der Waals surface area (Å²) in [7, 11) is 1.51. The minimum absolute atomic E-state index is 0.138. The average Bonchev–Trinajstić information content (AvgIpc) is 3.34. The Morgan fingerprint density at radius 2 is 1.74 bits per heavy atom. The third kappa shape index (κ3) is 5.02. The van der Waals surface area contributed by atoms with Crippen molar-refractivity contribution in [1.29, 1.82) is 5.26 Å². The van der Waals surface area contributed by atoms with E-state index in [1.54, 1.807) is 18.2 Å². The average molecular weight is 522 g/mol. The van der Waals surface area contributed by atoms with Gasteiger partial charge in [-0.1, -0.05) is 23.5 Å². The summed E-state index contributed by atoms with van der Waals surface area (Å²) in [5, 5.41) is 23.1. The fourth-order valence-corrected chi connectivity index (χ4v) is 4.66. The first-order valence-corrected chi connectivity index (χ1v) is 12.1. The Hall–Kier alpha value is -5.21. The molecule has 0 atom stereocenters. The van der Waals surface area contributed by atoms with E-state index in [0.29, 0.717) is 43.6 Å². The number of ether oxygens (including phenoxy) is 1. The van der Waals surface area contributed by atoms with Gasteiger partial charge in [-0.2, -0.15) is 15.5 Å². The smallest absolute Gasteiger partial charge is 0.259 e. The summed E-state index contributed by atoms with van der Waals surface area (Å²) >= 11 is 1.24. The minimum Gasteiger partial charge on any atom is -0.496 e. The van der Waals surface area contributed by atoms with E-state index in [0.717, 1.165) is 11.3 Å². The van der Waals surface area contributed by atoms with Gasteiger partial charge in [0, 0.05) is 29.3 Å². The van der Waals surface area contributed by atoms with Crippen LogP contribution in [0.3, 0.4) is 0 Å². The number of hydrogen-bond donors (Lipinski definition) is 2. The number of pyridine rings is 1. The number of anilines is 2. The van der Waals surface area contributed by atoms with E-state index in [2.05, 4.69) is 31.9 Å². The van der Waals surface area contributed by atoms with Crippen molar-refractivity contribution in [2.24, 2.45) is 0 Å². The lowest BCUT2D eigenvalue weighted by atomic mass is 9.99. The van der Waals surface area contributed by atoms with E-state index in [1.165, 1.54) is 37.8 Å². The van der Waals surface area contributed by atoms with Gasteiger partial charge >= 0.3 is 0 Å². The lowest BCUT2D eigenvalue weighted by molar-refractivity contribution is -0.114. The molecule has 0 aliphatic rings. The number of benzene rings is 2. The van der Waals surface area contributed by atoms with Crippen molar-refractivity contribution in [3.63, 3.8) is 0 Å². The number of carbonyl (C=O) groups is 2. The van der Waals surface area contributed by atoms with E-state index >= 15 is 0 Å². The van der Waals surface area contributed by atoms with Gasteiger partial charge in [-0.3, -0.25) is 14.9 Å². The highest BCUT2D eigenvalue weighted by Gasteiger charge is 2.19. The quantitative estimate of drug-likeness (QED) is 0.321. The summed E-state index contributed by atoms with van der Waals surface area (Å²) in [6.07, 6.45) is 2.81. The largest absolute Gasteiger partial charge is 0.496 e. The molecule has 38 heavy (non-hydrogen) atoms. The number of nitrogens with zero attached hydrogens (tertiary/aromatic N) is 5. The number of methoxy groups -OCH3 is 1. The molecule has 10 nitrogen and oxygen atoms in total. The molecule has 2 N–H and O–H groups in total. The van der Waals surface area contributed by atoms with Gasteiger partial charge in [0.25, 0.3) is 5.91 Å². The first-order valence-electron chi connectivity index (χ1n) is 11.3. The van der Waals surface area contributed by atoms with Gasteiger partial charge < -0.3 is 10.1 Å². The molecule has 0 saturated heterocycles. The molecule has 2 amide bonds. The fourth-order valence-electron chi connectivity index (χ4n) is 3.83. The van der Waals surface area contributed by atoms with Gasteiger partial charge in [0.15, 0.2) is 5.13 Å². The van der Waals surface area contributed by atoms with Crippen molar-refractivity contribution >= 4 is 44.3 Å². The predicted molar refractivity (Wildman–Crippen MR) is 144 cm³/mol. The van der Waals surface area contributed by atoms with Crippen molar-refractivity contribution in [3.8, 4) is 34.2 Å². The second kappa shape index (κ2) is 10.4. The Morgan fingerprint density at radius 3 is 2.47 bits per heavy atom. The number of thiazole rings is 1. The second-order valence-electron chi connectivity index (χ2n) is 8.10. The standard InChI is InChI=1S/C27H19N7O3S/c1-15(35)31-18-6-4-17(5-7-18)22-8-9-23-26(32-22)38-27(33-23)34-25(36)21-14-30-29-13-20(21)19-11-16(12-28)3-10-24(19)37-2/h3-11,13-14H,1-2H3,(H,31,35)(H,33,34,36). The maximum absolute atomic E-state index is 13.3. The third-order valence-corrected chi connectivity index (χ3v) is 6.45. The third-order valence-electron chi connectivity index (χ3n) is 5.57. The zero-order valence-electron chi connectivity index (χ0n) is 20.2. The topological polar surface area (TPSA) is 143 Å². The Bertz CT molecular complexity index is 1730. The van der Waals surface area contributed by atoms with Crippen LogP contribution in [-0.4, -0.2) is 39.1 Å². The van der Waals surface area contributed by atoms with Crippen LogP contribution in [0.2, 0.25) is 0 Å². The fraction of sp³-hybridized carbons (Fsp3) is 0.0741. The maximum Gasteiger partial charge on any atom is 0.259 e. The first-order chi connectivity index (χ1) is 18.4. The van der Waals surface area contributed by atoms with Crippen LogP contribution < -0.4 is 15.4 Å². The molecule has 0 spiro atoms. The van der Waals surface area contributed by atoms with E-state index < -0.39 is 5.91 Å². The number of hydrogen-bond acceptors (Lipinski definition) is 9. The molecule has 3 aromatic heterocycles. The molecule has 5 aromatic rings. The summed E-state index contributed by atoms with van der Waals surface area (Å²) < 4.78 is 5.44. The molecule has 11 heteroatoms. The molecular weight excluding hydrogens is 502 g/mol. The van der Waals surface area contributed by atoms with Crippen molar-refractivity contribution < 1.29 is 14.3 Å². The molecule has 0 saturated carbocycles. The van der Waals surface area contributed by atoms with E-state index in [-0.39, 0.29) is 11.5 Å². The number of rotatable bonds is 6. The normalized spacial score (nSPS) is 10.6. The molecule has 5 rings (SSSR count). The monoisotopic (exact) mass is 521 g/mol. The molecule has 0 aliphatic carbocycles. The summed E-state index contributed by atoms with van der Waals surface area (Å²) in [6.45, 7) is 1.46. The maximum atomic E-state index is 13.3. The SMILES string of the molecule is COc1ccc(C#N)cc1-c1cnncc1C(=O)Nc1nc2ccc(-c3ccc(NC(C)=O)cc3)nc2s1. The molecule has 0 bridgehead atoms. The number of carbonyl (C=O) groups excluding carboxylic acids is 2. The lowest BCUT2D eigenvalue weighted by Crippen LogP contribution is -2.14. The van der Waals surface area contributed by atoms with Crippen molar-refractivity contribution in [1.82, 2.24) is 20.2 Å². The van der Waals surface area contributed by atoms with Gasteiger partial charge in [0.2, 0.25) is 5.91 Å². The second-order valence-corrected chi connectivity index (χ2v) is 9.07. The number of aromatic nitrogens is 4. The Labute approximate surface area is 221 Å². The summed E-state index contributed by atoms with van der Waals surface area (Å²) in [5.74, 6) is -0.0824. The number of nitriles is 1. The number of fused-ring (bicyclic) bond motifs is 1. The van der Waals surface area contributed by atoms with Crippen molar-refractivity contribution in [2.45, 2.75) is 6.92 Å². The molecule has 0 aliphatic heterocycles. The summed E-state index contributed by atoms with van der Waals surface area (Å²) in [6, 6.07) is 18.1. The van der Waals surface area contributed by atoms with Gasteiger partial charge in [0.05, 0.1) is 42.4 Å². The van der Waals surface area contributed by atoms with Crippen molar-refractivity contribution in [3.05, 3.63) is 78.1 Å². The van der Waals surface area contributed by atoms with Crippen LogP contribution in [-0.2, 0) is 4.79 Å². The highest BCUT2D eigenvalue weighted by Crippen LogP contribution is 2.34. The molecule has 0 radical (unpaired) electrons. The molecule has 0 fully saturated rings. The minimum atomic E-state index is -0.438. The van der Waals surface area contributed by atoms with Crippen molar-refractivity contribution in [2.75, 3.05) is 17.7 Å². The van der Waals surface area contributed by atoms with E-state index in [9.17, 15) is 14.9 Å². The van der Waals surface area contributed by atoms with Gasteiger partial charge in [-0.15, -0.1) is 0 Å². The van der Waals surface area contributed by atoms with Crippen LogP contribution in [0.4, 0.5) is 10.8 Å². The Morgan fingerprint density at radius 1 is 0.947 bits per heavy atom. The first kappa shape index (κ1) is 24.5. The van der Waals surface area contributed by atoms with Crippen LogP contribution in [0.25, 0.3) is 32.7 Å². The zero-order valence-corrected chi connectivity index (χ0v) is 21.0. The summed E-state index contributed by atoms with van der Waals surface area (Å²) in [4.78, 5) is 34.4. The number of amides is 2. The molecule has 0 unspecified atom stereocenters. The van der Waals surface area contributed by atoms with Crippen LogP contribution >= 0.6 is 11.3 Å². The molecular formula is C27H19N7O3S. The van der Waals surface area contributed by atoms with Crippen LogP contribution in [0.5, 0.6) is 5.75 Å². The van der Waals surface area contributed by atoms with Crippen LogP contribution in [0, 0.1) is 11.3 Å². The lowest BCUT2D eigenvalue weighted by Gasteiger charge is -2.12. The van der Waals surface area contributed by atoms with E-state index in [4.69, 9.17) is 9.72 Å². The highest BCUT2D eigenvalue weighted by atomic mass is 32.1. The zero-order chi connectivity index (χ0) is 26.6. The highest BCUT2D eigenvalue weighted by molar-refractivity contribution is 7.22. The van der Waals surface area contributed by atoms with Crippen LogP contribution in [0.15, 0.2) is 67.0 Å². The molecule has 2 aromatic carbocycles. The molecule has 3 heterocycles. The van der Waals surface area contributed by atoms with Crippen LogP contribution in [0.1, 0.15) is 22.8 Å². The Balaban J connectivity index is 1.42. The number of nitrogens with one attached hydrogen (secondary N) is 2.